The minimum absolute atomic E-state index is 0.593. The molecule has 0 unspecified atom stereocenters. The van der Waals surface area contributed by atoms with Gasteiger partial charge >= 0.3 is 0 Å². The number of hydrogen-bond acceptors (Lipinski definition) is 3. The first-order chi connectivity index (χ1) is 6.43. The van der Waals surface area contributed by atoms with Gasteiger partial charge in [-0.1, -0.05) is 26.2 Å². The van der Waals surface area contributed by atoms with Gasteiger partial charge in [0.1, 0.15) is 6.33 Å². The fraction of sp³-hybridized carbons (Fsp3) is 0.667. The monoisotopic (exact) mass is 180 g/mol. The third-order valence-electron chi connectivity index (χ3n) is 1.80. The molecule has 0 amide bonds. The fourth-order valence-corrected chi connectivity index (χ4v) is 1.07. The van der Waals surface area contributed by atoms with Gasteiger partial charge in [-0.2, -0.15) is 10.1 Å². The quantitative estimate of drug-likeness (QED) is 0.540. The Morgan fingerprint density at radius 2 is 2.38 bits per heavy atom. The van der Waals surface area contributed by atoms with Gasteiger partial charge in [0.05, 0.1) is 0 Å². The van der Waals surface area contributed by atoms with Gasteiger partial charge < -0.3 is 0 Å². The Bertz CT molecular complexity index is 228. The van der Waals surface area contributed by atoms with E-state index in [9.17, 15) is 0 Å². The summed E-state index contributed by atoms with van der Waals surface area (Å²) in [4.78, 5) is 8.00. The summed E-state index contributed by atoms with van der Waals surface area (Å²) in [7, 11) is 0. The van der Waals surface area contributed by atoms with Gasteiger partial charge in [0.15, 0.2) is 0 Å². The van der Waals surface area contributed by atoms with Crippen molar-refractivity contribution in [3.8, 4) is 0 Å². The molecule has 1 heterocycles. The molecule has 0 aliphatic heterocycles. The van der Waals surface area contributed by atoms with Crippen LogP contribution in [-0.2, 0) is 0 Å². The Hall–Kier alpha value is -1.19. The zero-order valence-electron chi connectivity index (χ0n) is 8.03. The average Bonchev–Trinajstić information content (AvgIpc) is 2.63. The van der Waals surface area contributed by atoms with Crippen molar-refractivity contribution >= 4 is 12.2 Å². The second-order valence-electron chi connectivity index (χ2n) is 2.97. The summed E-state index contributed by atoms with van der Waals surface area (Å²) in [5, 5.41) is 6.38. The molecular formula is C9H16N4. The number of hydrogen-bond donors (Lipinski definition) is 1. The lowest BCUT2D eigenvalue weighted by molar-refractivity contribution is 0.685. The molecule has 0 atom stereocenters. The molecule has 0 radical (unpaired) electrons. The number of unbranched alkanes of at least 4 members (excludes halogenated alkanes) is 4. The van der Waals surface area contributed by atoms with E-state index in [1.54, 1.807) is 0 Å². The number of aromatic amines is 1. The normalized spacial score (nSPS) is 11.2. The molecule has 0 saturated carbocycles. The summed E-state index contributed by atoms with van der Waals surface area (Å²) in [5.74, 6) is 0.593. The van der Waals surface area contributed by atoms with Crippen LogP contribution < -0.4 is 0 Å². The summed E-state index contributed by atoms with van der Waals surface area (Å²) >= 11 is 0. The van der Waals surface area contributed by atoms with E-state index in [-0.39, 0.29) is 0 Å². The van der Waals surface area contributed by atoms with Crippen LogP contribution in [0.15, 0.2) is 11.3 Å². The second-order valence-corrected chi connectivity index (χ2v) is 2.97. The molecule has 0 bridgehead atoms. The molecule has 4 heteroatoms. The van der Waals surface area contributed by atoms with Crippen molar-refractivity contribution in [3.05, 3.63) is 6.33 Å². The van der Waals surface area contributed by atoms with Crippen molar-refractivity contribution in [1.82, 2.24) is 15.2 Å². The lowest BCUT2D eigenvalue weighted by Gasteiger charge is -1.92. The highest BCUT2D eigenvalue weighted by Crippen LogP contribution is 2.02. The number of nitrogens with one attached hydrogen (secondary N) is 1. The van der Waals surface area contributed by atoms with Gasteiger partial charge in [0.2, 0.25) is 5.95 Å². The van der Waals surface area contributed by atoms with Crippen molar-refractivity contribution in [1.29, 1.82) is 0 Å². The third-order valence-corrected chi connectivity index (χ3v) is 1.80. The fourth-order valence-electron chi connectivity index (χ4n) is 1.07. The zero-order chi connectivity index (χ0) is 9.36. The minimum Gasteiger partial charge on any atom is -0.244 e. The highest BCUT2D eigenvalue weighted by molar-refractivity contribution is 5.60. The maximum absolute atomic E-state index is 4.11. The van der Waals surface area contributed by atoms with Crippen LogP contribution in [0, 0.1) is 0 Å². The van der Waals surface area contributed by atoms with Crippen LogP contribution in [0.1, 0.15) is 39.0 Å². The predicted molar refractivity (Wildman–Crippen MR) is 53.3 cm³/mol. The summed E-state index contributed by atoms with van der Waals surface area (Å²) < 4.78 is 0. The Morgan fingerprint density at radius 1 is 1.46 bits per heavy atom. The van der Waals surface area contributed by atoms with Gasteiger partial charge in [-0.25, -0.2) is 10.1 Å². The molecule has 1 N–H and O–H groups in total. The van der Waals surface area contributed by atoms with Crippen LogP contribution in [0.4, 0.5) is 5.95 Å². The summed E-state index contributed by atoms with van der Waals surface area (Å²) in [6.07, 6.45) is 9.49. The number of aromatic nitrogens is 3. The molecule has 0 fully saturated rings. The first-order valence-corrected chi connectivity index (χ1v) is 4.81. The molecule has 4 nitrogen and oxygen atoms in total. The van der Waals surface area contributed by atoms with E-state index >= 15 is 0 Å². The van der Waals surface area contributed by atoms with Crippen molar-refractivity contribution in [2.75, 3.05) is 0 Å². The van der Waals surface area contributed by atoms with Crippen molar-refractivity contribution in [2.24, 2.45) is 4.99 Å². The molecule has 72 valence electrons. The minimum atomic E-state index is 0.593. The first kappa shape index (κ1) is 9.89. The van der Waals surface area contributed by atoms with Crippen molar-refractivity contribution < 1.29 is 0 Å². The molecule has 0 spiro atoms. The SMILES string of the molecule is CCCCCC/C=N/c1ncn[nH]1. The maximum atomic E-state index is 4.11. The summed E-state index contributed by atoms with van der Waals surface area (Å²) in [6, 6.07) is 0. The van der Waals surface area contributed by atoms with E-state index in [2.05, 4.69) is 27.1 Å². The molecule has 0 aromatic carbocycles. The third kappa shape index (κ3) is 4.40. The lowest BCUT2D eigenvalue weighted by Crippen LogP contribution is -1.78. The van der Waals surface area contributed by atoms with Gasteiger partial charge in [0.25, 0.3) is 0 Å². The van der Waals surface area contributed by atoms with Gasteiger partial charge in [0, 0.05) is 6.21 Å². The highest BCUT2D eigenvalue weighted by Gasteiger charge is 1.88. The lowest BCUT2D eigenvalue weighted by atomic mass is 10.2. The van der Waals surface area contributed by atoms with Crippen molar-refractivity contribution in [3.63, 3.8) is 0 Å². The molecule has 13 heavy (non-hydrogen) atoms. The van der Waals surface area contributed by atoms with E-state index in [1.807, 2.05) is 6.21 Å². The molecule has 1 aromatic heterocycles. The molecule has 0 aliphatic rings. The Balaban J connectivity index is 2.05. The van der Waals surface area contributed by atoms with Crippen LogP contribution >= 0.6 is 0 Å². The standard InChI is InChI=1S/C9H16N4/c1-2-3-4-5-6-7-10-9-11-8-12-13-9/h7-8H,2-6H2,1H3,(H,11,12,13)/b10-7+. The Morgan fingerprint density at radius 3 is 3.08 bits per heavy atom. The number of H-pyrrole nitrogens is 1. The number of nitrogens with zero attached hydrogens (tertiary/aromatic N) is 3. The van der Waals surface area contributed by atoms with Crippen LogP contribution in [0.25, 0.3) is 0 Å². The molecule has 0 saturated heterocycles. The Kier molecular flexibility index (Phi) is 4.83. The second kappa shape index (κ2) is 6.34. The molecule has 1 rings (SSSR count). The predicted octanol–water partition coefficient (Wildman–Crippen LogP) is 2.48. The van der Waals surface area contributed by atoms with Crippen LogP contribution in [-0.4, -0.2) is 21.4 Å². The van der Waals surface area contributed by atoms with Crippen molar-refractivity contribution in [2.45, 2.75) is 39.0 Å². The van der Waals surface area contributed by atoms with Gasteiger partial charge in [-0.15, -0.1) is 0 Å². The average molecular weight is 180 g/mol. The smallest absolute Gasteiger partial charge is 0.244 e. The number of rotatable bonds is 6. The van der Waals surface area contributed by atoms with Crippen LogP contribution in [0.2, 0.25) is 0 Å². The largest absolute Gasteiger partial charge is 0.244 e. The highest BCUT2D eigenvalue weighted by atomic mass is 15.2. The van der Waals surface area contributed by atoms with E-state index < -0.39 is 0 Å². The van der Waals surface area contributed by atoms with Crippen LogP contribution in [0.3, 0.4) is 0 Å². The van der Waals surface area contributed by atoms with Gasteiger partial charge in [-0.05, 0) is 12.8 Å². The van der Waals surface area contributed by atoms with Gasteiger partial charge in [-0.3, -0.25) is 0 Å². The maximum Gasteiger partial charge on any atom is 0.244 e. The zero-order valence-corrected chi connectivity index (χ0v) is 8.03. The van der Waals surface area contributed by atoms with E-state index in [0.29, 0.717) is 5.95 Å². The van der Waals surface area contributed by atoms with Crippen LogP contribution in [0.5, 0.6) is 0 Å². The van der Waals surface area contributed by atoms with E-state index in [1.165, 1.54) is 32.0 Å². The summed E-state index contributed by atoms with van der Waals surface area (Å²) in [6.45, 7) is 2.21. The first-order valence-electron chi connectivity index (χ1n) is 4.81. The van der Waals surface area contributed by atoms with E-state index in [4.69, 9.17) is 0 Å². The Labute approximate surface area is 78.5 Å². The molecule has 0 aliphatic carbocycles. The number of aliphatic imine (C=N–C) groups is 1. The van der Waals surface area contributed by atoms with E-state index in [0.717, 1.165) is 6.42 Å². The summed E-state index contributed by atoms with van der Waals surface area (Å²) in [5.41, 5.74) is 0. The molecular weight excluding hydrogens is 164 g/mol. The molecule has 1 aromatic rings. The topological polar surface area (TPSA) is 53.9 Å².